The van der Waals surface area contributed by atoms with E-state index in [-0.39, 0.29) is 5.75 Å². The van der Waals surface area contributed by atoms with Gasteiger partial charge >= 0.3 is 0 Å². The van der Waals surface area contributed by atoms with Crippen LogP contribution in [0.2, 0.25) is 0 Å². The van der Waals surface area contributed by atoms with E-state index < -0.39 is 6.29 Å². The summed E-state index contributed by atoms with van der Waals surface area (Å²) in [6.07, 6.45) is 0.0655. The van der Waals surface area contributed by atoms with E-state index in [1.165, 1.54) is 0 Å². The summed E-state index contributed by atoms with van der Waals surface area (Å²) in [6, 6.07) is 4.96. The lowest BCUT2D eigenvalue weighted by Crippen LogP contribution is -2.09. The van der Waals surface area contributed by atoms with E-state index in [2.05, 4.69) is 0 Å². The molecule has 1 aromatic heterocycles. The molecule has 2 rings (SSSR count). The molecule has 0 unspecified atom stereocenters. The van der Waals surface area contributed by atoms with Gasteiger partial charge in [0.05, 0.1) is 0 Å². The van der Waals surface area contributed by atoms with Gasteiger partial charge in [0.2, 0.25) is 6.29 Å². The maximum absolute atomic E-state index is 9.55. The van der Waals surface area contributed by atoms with Gasteiger partial charge in [-0.25, -0.2) is 0 Å². The minimum absolute atomic E-state index is 0.194. The van der Waals surface area contributed by atoms with Crippen LogP contribution in [0.1, 0.15) is 17.6 Å². The lowest BCUT2D eigenvalue weighted by molar-refractivity contribution is -0.117. The number of phenolic OH excluding ortho intramolecular Hbond substituents is 1. The van der Waals surface area contributed by atoms with Gasteiger partial charge in [-0.1, -0.05) is 0 Å². The van der Waals surface area contributed by atoms with Crippen molar-refractivity contribution in [3.05, 3.63) is 29.5 Å². The second-order valence-electron chi connectivity index (χ2n) is 3.97. The monoisotopic (exact) mass is 251 g/mol. The molecule has 0 fully saturated rings. The summed E-state index contributed by atoms with van der Waals surface area (Å²) < 4.78 is 16.2. The molecule has 18 heavy (non-hydrogen) atoms. The molecule has 0 saturated carbocycles. The van der Waals surface area contributed by atoms with Gasteiger partial charge in [-0.2, -0.15) is 0 Å². The summed E-state index contributed by atoms with van der Waals surface area (Å²) in [4.78, 5) is 0. The zero-order valence-electron chi connectivity index (χ0n) is 10.5. The normalized spacial score (nSPS) is 11.6. The number of ether oxygens (including phenoxy) is 2. The number of rotatable bonds is 5. The average Bonchev–Trinajstić information content (AvgIpc) is 2.70. The van der Waals surface area contributed by atoms with Crippen molar-refractivity contribution in [1.29, 1.82) is 0 Å². The molecule has 0 bridgehead atoms. The van der Waals surface area contributed by atoms with Crippen LogP contribution in [-0.2, 0) is 15.9 Å². The van der Waals surface area contributed by atoms with Crippen LogP contribution >= 0.6 is 0 Å². The predicted octanol–water partition coefficient (Wildman–Crippen LogP) is 1.93. The lowest BCUT2D eigenvalue weighted by Gasteiger charge is -2.12. The third-order valence-electron chi connectivity index (χ3n) is 2.84. The SMILES string of the molecule is COC(OC)c1oc2ccc(O)cc2c1CCN. The largest absolute Gasteiger partial charge is 0.508 e. The summed E-state index contributed by atoms with van der Waals surface area (Å²) in [6.45, 7) is 0.484. The molecule has 2 aromatic rings. The molecule has 1 heterocycles. The molecule has 5 heteroatoms. The fourth-order valence-electron chi connectivity index (χ4n) is 2.06. The molecular weight excluding hydrogens is 234 g/mol. The van der Waals surface area contributed by atoms with Gasteiger partial charge in [0.15, 0.2) is 5.76 Å². The third-order valence-corrected chi connectivity index (χ3v) is 2.84. The molecule has 0 amide bonds. The molecule has 0 aliphatic heterocycles. The van der Waals surface area contributed by atoms with E-state index in [0.29, 0.717) is 24.3 Å². The molecule has 0 radical (unpaired) electrons. The number of methoxy groups -OCH3 is 2. The Kier molecular flexibility index (Phi) is 3.86. The van der Waals surface area contributed by atoms with Crippen LogP contribution in [-0.4, -0.2) is 25.9 Å². The van der Waals surface area contributed by atoms with E-state index >= 15 is 0 Å². The maximum Gasteiger partial charge on any atom is 0.217 e. The van der Waals surface area contributed by atoms with Gasteiger partial charge in [0.25, 0.3) is 0 Å². The van der Waals surface area contributed by atoms with Gasteiger partial charge in [0, 0.05) is 25.2 Å². The van der Waals surface area contributed by atoms with Crippen molar-refractivity contribution >= 4 is 11.0 Å². The van der Waals surface area contributed by atoms with Crippen LogP contribution < -0.4 is 5.73 Å². The Bertz CT molecular complexity index is 531. The second-order valence-corrected chi connectivity index (χ2v) is 3.97. The molecule has 0 saturated heterocycles. The molecule has 0 aliphatic rings. The van der Waals surface area contributed by atoms with Crippen molar-refractivity contribution in [3.8, 4) is 5.75 Å². The number of aromatic hydroxyl groups is 1. The molecule has 0 spiro atoms. The highest BCUT2D eigenvalue weighted by Crippen LogP contribution is 2.33. The first kappa shape index (κ1) is 12.9. The van der Waals surface area contributed by atoms with E-state index in [9.17, 15) is 5.11 Å². The zero-order chi connectivity index (χ0) is 13.1. The number of phenols is 1. The van der Waals surface area contributed by atoms with Crippen molar-refractivity contribution < 1.29 is 19.0 Å². The average molecular weight is 251 g/mol. The third kappa shape index (κ3) is 2.20. The Morgan fingerprint density at radius 3 is 2.67 bits per heavy atom. The van der Waals surface area contributed by atoms with Crippen LogP contribution in [0.5, 0.6) is 5.75 Å². The first-order chi connectivity index (χ1) is 8.71. The first-order valence-electron chi connectivity index (χ1n) is 5.71. The molecule has 5 nitrogen and oxygen atoms in total. The molecular formula is C13H17NO4. The fraction of sp³-hybridized carbons (Fsp3) is 0.385. The molecule has 0 atom stereocenters. The molecule has 1 aromatic carbocycles. The Morgan fingerprint density at radius 2 is 2.06 bits per heavy atom. The van der Waals surface area contributed by atoms with Gasteiger partial charge in [-0.15, -0.1) is 0 Å². The Labute approximate surface area is 105 Å². The van der Waals surface area contributed by atoms with E-state index in [1.807, 2.05) is 0 Å². The number of fused-ring (bicyclic) bond motifs is 1. The van der Waals surface area contributed by atoms with Crippen molar-refractivity contribution in [1.82, 2.24) is 0 Å². The Morgan fingerprint density at radius 1 is 1.33 bits per heavy atom. The molecule has 0 aliphatic carbocycles. The maximum atomic E-state index is 9.55. The number of nitrogens with two attached hydrogens (primary N) is 1. The summed E-state index contributed by atoms with van der Waals surface area (Å²) in [5.41, 5.74) is 7.21. The van der Waals surface area contributed by atoms with Crippen molar-refractivity contribution in [2.45, 2.75) is 12.7 Å². The molecule has 3 N–H and O–H groups in total. The van der Waals surface area contributed by atoms with Crippen LogP contribution in [0, 0.1) is 0 Å². The zero-order valence-corrected chi connectivity index (χ0v) is 10.5. The van der Waals surface area contributed by atoms with Gasteiger partial charge < -0.3 is 24.7 Å². The summed E-state index contributed by atoms with van der Waals surface area (Å²) in [5.74, 6) is 0.797. The highest BCUT2D eigenvalue weighted by Gasteiger charge is 2.22. The fourth-order valence-corrected chi connectivity index (χ4v) is 2.06. The number of benzene rings is 1. The van der Waals surface area contributed by atoms with Crippen molar-refractivity contribution in [3.63, 3.8) is 0 Å². The van der Waals surface area contributed by atoms with Crippen LogP contribution in [0.3, 0.4) is 0 Å². The van der Waals surface area contributed by atoms with Gasteiger partial charge in [-0.3, -0.25) is 0 Å². The smallest absolute Gasteiger partial charge is 0.217 e. The number of hydrogen-bond acceptors (Lipinski definition) is 5. The summed E-state index contributed by atoms with van der Waals surface area (Å²) >= 11 is 0. The Hall–Kier alpha value is -1.56. The summed E-state index contributed by atoms with van der Waals surface area (Å²) in [7, 11) is 3.09. The van der Waals surface area contributed by atoms with Crippen LogP contribution in [0.25, 0.3) is 11.0 Å². The highest BCUT2D eigenvalue weighted by atomic mass is 16.7. The topological polar surface area (TPSA) is 77.8 Å². The van der Waals surface area contributed by atoms with E-state index in [4.69, 9.17) is 19.6 Å². The number of hydrogen-bond donors (Lipinski definition) is 2. The first-order valence-corrected chi connectivity index (χ1v) is 5.71. The predicted molar refractivity (Wildman–Crippen MR) is 67.4 cm³/mol. The molecule has 98 valence electrons. The lowest BCUT2D eigenvalue weighted by atomic mass is 10.1. The minimum atomic E-state index is -0.568. The van der Waals surface area contributed by atoms with E-state index in [1.54, 1.807) is 32.4 Å². The number of furan rings is 1. The van der Waals surface area contributed by atoms with Gasteiger partial charge in [0.1, 0.15) is 11.3 Å². The van der Waals surface area contributed by atoms with E-state index in [0.717, 1.165) is 10.9 Å². The van der Waals surface area contributed by atoms with Crippen LogP contribution in [0.15, 0.2) is 22.6 Å². The van der Waals surface area contributed by atoms with Crippen molar-refractivity contribution in [2.24, 2.45) is 5.73 Å². The van der Waals surface area contributed by atoms with Crippen molar-refractivity contribution in [2.75, 3.05) is 20.8 Å². The minimum Gasteiger partial charge on any atom is -0.508 e. The van der Waals surface area contributed by atoms with Crippen LogP contribution in [0.4, 0.5) is 0 Å². The quantitative estimate of drug-likeness (QED) is 0.794. The second kappa shape index (κ2) is 5.39. The summed E-state index contributed by atoms with van der Waals surface area (Å²) in [5, 5.41) is 10.4. The van der Waals surface area contributed by atoms with Gasteiger partial charge in [-0.05, 0) is 31.2 Å². The highest BCUT2D eigenvalue weighted by molar-refractivity contribution is 5.83. The Balaban J connectivity index is 2.60. The standard InChI is InChI=1S/C13H17NO4/c1-16-13(17-2)12-9(5-6-14)10-7-8(15)3-4-11(10)18-12/h3-4,7,13,15H,5-6,14H2,1-2H3.